The summed E-state index contributed by atoms with van der Waals surface area (Å²) in [7, 11) is -2.91. The fourth-order valence-corrected chi connectivity index (χ4v) is 5.23. The second kappa shape index (κ2) is 2.71. The van der Waals surface area contributed by atoms with Crippen LogP contribution < -0.4 is 5.32 Å². The van der Waals surface area contributed by atoms with Crippen LogP contribution in [-0.2, 0) is 10.0 Å². The molecule has 0 aromatic rings. The maximum absolute atomic E-state index is 11.8. The van der Waals surface area contributed by atoms with Crippen molar-refractivity contribution in [1.82, 2.24) is 9.62 Å². The molecule has 0 spiro atoms. The average molecular weight is 216 g/mol. The van der Waals surface area contributed by atoms with Gasteiger partial charge in [-0.2, -0.15) is 4.31 Å². The van der Waals surface area contributed by atoms with Crippen LogP contribution in [0.2, 0.25) is 0 Å². The number of hydrogen-bond acceptors (Lipinski definition) is 3. The Kier molecular flexibility index (Phi) is 1.77. The van der Waals surface area contributed by atoms with Crippen molar-refractivity contribution in [2.75, 3.05) is 25.4 Å². The van der Waals surface area contributed by atoms with Gasteiger partial charge in [-0.1, -0.05) is 6.92 Å². The van der Waals surface area contributed by atoms with E-state index in [1.165, 1.54) is 0 Å². The molecule has 2 aliphatic heterocycles. The fraction of sp³-hybridized carbons (Fsp3) is 1.00. The van der Waals surface area contributed by atoms with E-state index in [9.17, 15) is 8.42 Å². The first-order valence-corrected chi connectivity index (χ1v) is 6.91. The summed E-state index contributed by atoms with van der Waals surface area (Å²) in [4.78, 5) is 0. The molecule has 1 aliphatic carbocycles. The molecule has 5 heteroatoms. The fourth-order valence-electron chi connectivity index (χ4n) is 3.05. The summed E-state index contributed by atoms with van der Waals surface area (Å²) in [5.74, 6) is 1.88. The van der Waals surface area contributed by atoms with Gasteiger partial charge in [0.1, 0.15) is 0 Å². The molecule has 0 aromatic carbocycles. The van der Waals surface area contributed by atoms with Gasteiger partial charge >= 0.3 is 0 Å². The second-order valence-corrected chi connectivity index (χ2v) is 6.90. The summed E-state index contributed by atoms with van der Waals surface area (Å²) in [6, 6.07) is 0.339. The first-order chi connectivity index (χ1) is 6.59. The van der Waals surface area contributed by atoms with Gasteiger partial charge in [-0.3, -0.25) is 0 Å². The van der Waals surface area contributed by atoms with Crippen LogP contribution in [0.4, 0.5) is 0 Å². The van der Waals surface area contributed by atoms with E-state index in [1.54, 1.807) is 4.31 Å². The van der Waals surface area contributed by atoms with E-state index in [2.05, 4.69) is 5.32 Å². The Morgan fingerprint density at radius 1 is 1.29 bits per heavy atom. The second-order valence-electron chi connectivity index (χ2n) is 4.93. The topological polar surface area (TPSA) is 49.4 Å². The Balaban J connectivity index is 1.80. The highest BCUT2D eigenvalue weighted by Gasteiger charge is 2.59. The molecule has 0 radical (unpaired) electrons. The first kappa shape index (κ1) is 9.12. The lowest BCUT2D eigenvalue weighted by Crippen LogP contribution is -2.34. The van der Waals surface area contributed by atoms with Gasteiger partial charge in [-0.15, -0.1) is 0 Å². The van der Waals surface area contributed by atoms with Gasteiger partial charge in [0.25, 0.3) is 0 Å². The van der Waals surface area contributed by atoms with Crippen molar-refractivity contribution >= 4 is 10.0 Å². The molecule has 0 bridgehead atoms. The minimum absolute atomic E-state index is 0.314. The molecule has 3 atom stereocenters. The Bertz CT molecular complexity index is 344. The van der Waals surface area contributed by atoms with Gasteiger partial charge in [0.15, 0.2) is 0 Å². The van der Waals surface area contributed by atoms with Crippen LogP contribution >= 0.6 is 0 Å². The van der Waals surface area contributed by atoms with E-state index in [0.717, 1.165) is 19.6 Å². The van der Waals surface area contributed by atoms with Crippen LogP contribution in [-0.4, -0.2) is 44.2 Å². The number of nitrogens with one attached hydrogen (secondary N) is 1. The van der Waals surface area contributed by atoms with Crippen LogP contribution in [0.5, 0.6) is 0 Å². The monoisotopic (exact) mass is 216 g/mol. The third-order valence-corrected chi connectivity index (χ3v) is 5.82. The number of hydrogen-bond donors (Lipinski definition) is 1. The van der Waals surface area contributed by atoms with Crippen molar-refractivity contribution in [3.8, 4) is 0 Å². The maximum atomic E-state index is 11.8. The van der Waals surface area contributed by atoms with Gasteiger partial charge in [0, 0.05) is 12.6 Å². The molecule has 1 N–H and O–H groups in total. The molecule has 3 rings (SSSR count). The molecule has 1 saturated carbocycles. The molecule has 2 saturated heterocycles. The van der Waals surface area contributed by atoms with Crippen LogP contribution in [0, 0.1) is 17.8 Å². The van der Waals surface area contributed by atoms with Crippen molar-refractivity contribution in [2.45, 2.75) is 13.0 Å². The summed E-state index contributed by atoms with van der Waals surface area (Å²) in [5, 5.41) is 3.29. The molecule has 14 heavy (non-hydrogen) atoms. The third-order valence-electron chi connectivity index (χ3n) is 3.72. The molecular formula is C9H16N2O2S. The molecule has 0 aromatic heterocycles. The minimum atomic E-state index is -2.91. The molecule has 2 heterocycles. The highest BCUT2D eigenvalue weighted by Crippen LogP contribution is 2.48. The number of rotatable bonds is 1. The zero-order valence-corrected chi connectivity index (χ0v) is 9.13. The summed E-state index contributed by atoms with van der Waals surface area (Å²) in [6.07, 6.45) is 0. The molecule has 3 fully saturated rings. The SMILES string of the molecule is CC1CN(C2C3CNCC32)S(=O)(=O)C1. The Morgan fingerprint density at radius 3 is 2.43 bits per heavy atom. The lowest BCUT2D eigenvalue weighted by atomic mass is 10.2. The normalized spacial score (nSPS) is 50.6. The summed E-state index contributed by atoms with van der Waals surface area (Å²) in [5.41, 5.74) is 0. The van der Waals surface area contributed by atoms with E-state index in [1.807, 2.05) is 6.92 Å². The number of sulfonamides is 1. The van der Waals surface area contributed by atoms with Gasteiger partial charge in [0.2, 0.25) is 10.0 Å². The van der Waals surface area contributed by atoms with Gasteiger partial charge in [-0.25, -0.2) is 8.42 Å². The van der Waals surface area contributed by atoms with Crippen molar-refractivity contribution < 1.29 is 8.42 Å². The smallest absolute Gasteiger partial charge is 0.214 e. The minimum Gasteiger partial charge on any atom is -0.316 e. The Labute approximate surface area is 84.7 Å². The third kappa shape index (κ3) is 1.15. The zero-order valence-electron chi connectivity index (χ0n) is 8.31. The molecule has 4 nitrogen and oxygen atoms in total. The first-order valence-electron chi connectivity index (χ1n) is 5.30. The standard InChI is InChI=1S/C9H16N2O2S/c1-6-4-11(14(12,13)5-6)9-7-2-10-3-8(7)9/h6-10H,2-5H2,1H3. The largest absolute Gasteiger partial charge is 0.316 e. The molecule has 3 unspecified atom stereocenters. The number of piperidine rings is 1. The van der Waals surface area contributed by atoms with Crippen molar-refractivity contribution in [3.05, 3.63) is 0 Å². The van der Waals surface area contributed by atoms with Crippen LogP contribution in [0.3, 0.4) is 0 Å². The van der Waals surface area contributed by atoms with E-state index in [0.29, 0.717) is 29.5 Å². The summed E-state index contributed by atoms with van der Waals surface area (Å²) >= 11 is 0. The van der Waals surface area contributed by atoms with Crippen LogP contribution in [0.25, 0.3) is 0 Å². The lowest BCUT2D eigenvalue weighted by molar-refractivity contribution is 0.368. The van der Waals surface area contributed by atoms with Gasteiger partial charge < -0.3 is 5.32 Å². The Morgan fingerprint density at radius 2 is 1.93 bits per heavy atom. The molecule has 3 aliphatic rings. The predicted octanol–water partition coefficient (Wildman–Crippen LogP) is -0.514. The molecule has 0 amide bonds. The van der Waals surface area contributed by atoms with Crippen molar-refractivity contribution in [2.24, 2.45) is 17.8 Å². The lowest BCUT2D eigenvalue weighted by Gasteiger charge is -2.16. The summed E-state index contributed by atoms with van der Waals surface area (Å²) < 4.78 is 25.4. The zero-order chi connectivity index (χ0) is 9.92. The van der Waals surface area contributed by atoms with Gasteiger partial charge in [-0.05, 0) is 30.8 Å². The quantitative estimate of drug-likeness (QED) is 0.642. The number of fused-ring (bicyclic) bond motifs is 1. The molecule has 80 valence electrons. The predicted molar refractivity (Wildman–Crippen MR) is 53.3 cm³/mol. The van der Waals surface area contributed by atoms with E-state index < -0.39 is 10.0 Å². The van der Waals surface area contributed by atoms with E-state index >= 15 is 0 Å². The van der Waals surface area contributed by atoms with Crippen LogP contribution in [0.1, 0.15) is 6.92 Å². The highest BCUT2D eigenvalue weighted by atomic mass is 32.2. The summed E-state index contributed by atoms with van der Waals surface area (Å²) in [6.45, 7) is 4.79. The van der Waals surface area contributed by atoms with E-state index in [4.69, 9.17) is 0 Å². The van der Waals surface area contributed by atoms with Crippen LogP contribution in [0.15, 0.2) is 0 Å². The number of nitrogens with zero attached hydrogens (tertiary/aromatic N) is 1. The van der Waals surface area contributed by atoms with Crippen molar-refractivity contribution in [3.63, 3.8) is 0 Å². The average Bonchev–Trinajstić information content (AvgIpc) is 2.48. The van der Waals surface area contributed by atoms with E-state index in [-0.39, 0.29) is 0 Å². The molecular weight excluding hydrogens is 200 g/mol. The highest BCUT2D eigenvalue weighted by molar-refractivity contribution is 7.89. The van der Waals surface area contributed by atoms with Gasteiger partial charge in [0.05, 0.1) is 5.75 Å². The Hall–Kier alpha value is -0.130. The van der Waals surface area contributed by atoms with Crippen molar-refractivity contribution in [1.29, 1.82) is 0 Å². The maximum Gasteiger partial charge on any atom is 0.214 e.